The van der Waals surface area contributed by atoms with Crippen molar-refractivity contribution in [1.82, 2.24) is 15.2 Å². The summed E-state index contributed by atoms with van der Waals surface area (Å²) in [5.74, 6) is -0.843. The van der Waals surface area contributed by atoms with Crippen LogP contribution in [0.25, 0.3) is 0 Å². The number of aliphatic hydroxyl groups is 1. The maximum atomic E-state index is 12.5. The second-order valence-electron chi connectivity index (χ2n) is 5.06. The molecule has 0 bridgehead atoms. The van der Waals surface area contributed by atoms with Gasteiger partial charge in [-0.1, -0.05) is 0 Å². The van der Waals surface area contributed by atoms with Crippen molar-refractivity contribution < 1.29 is 14.7 Å². The lowest BCUT2D eigenvalue weighted by Crippen LogP contribution is -2.34. The lowest BCUT2D eigenvalue weighted by molar-refractivity contribution is -0.125. The summed E-state index contributed by atoms with van der Waals surface area (Å²) in [4.78, 5) is 29.8. The molecule has 20 heavy (non-hydrogen) atoms. The lowest BCUT2D eigenvalue weighted by Gasteiger charge is -2.17. The summed E-state index contributed by atoms with van der Waals surface area (Å²) in [6.07, 6.45) is 3.18. The highest BCUT2D eigenvalue weighted by atomic mass is 16.3. The SMILES string of the molecule is CNC(=O)[C@@H]1CN(C(=O)c2cnccc2C)C[C@H]1CO. The molecule has 0 aromatic carbocycles. The topological polar surface area (TPSA) is 82.5 Å². The molecule has 1 saturated heterocycles. The van der Waals surface area contributed by atoms with E-state index in [9.17, 15) is 14.7 Å². The normalized spacial score (nSPS) is 21.9. The average molecular weight is 277 g/mol. The largest absolute Gasteiger partial charge is 0.396 e. The van der Waals surface area contributed by atoms with E-state index in [2.05, 4.69) is 10.3 Å². The molecular weight excluding hydrogens is 258 g/mol. The fourth-order valence-electron chi connectivity index (χ4n) is 2.56. The Bertz CT molecular complexity index is 518. The van der Waals surface area contributed by atoms with Crippen LogP contribution in [0.1, 0.15) is 15.9 Å². The van der Waals surface area contributed by atoms with E-state index < -0.39 is 0 Å². The van der Waals surface area contributed by atoms with Crippen molar-refractivity contribution in [1.29, 1.82) is 0 Å². The first-order chi connectivity index (χ1) is 9.58. The van der Waals surface area contributed by atoms with E-state index in [4.69, 9.17) is 0 Å². The highest BCUT2D eigenvalue weighted by Gasteiger charge is 2.39. The monoisotopic (exact) mass is 277 g/mol. The molecule has 2 rings (SSSR count). The first-order valence-electron chi connectivity index (χ1n) is 6.60. The standard InChI is InChI=1S/C14H19N3O3/c1-9-3-4-16-5-11(9)14(20)17-6-10(8-18)12(7-17)13(19)15-2/h3-5,10,12,18H,6-8H2,1-2H3,(H,15,19)/t10-,12+/m0/s1. The Labute approximate surface area is 117 Å². The predicted molar refractivity (Wildman–Crippen MR) is 73.0 cm³/mol. The van der Waals surface area contributed by atoms with E-state index in [-0.39, 0.29) is 30.3 Å². The highest BCUT2D eigenvalue weighted by molar-refractivity contribution is 5.96. The molecule has 0 radical (unpaired) electrons. The average Bonchev–Trinajstić information content (AvgIpc) is 2.90. The van der Waals surface area contributed by atoms with E-state index in [0.717, 1.165) is 5.56 Å². The number of carbonyl (C=O) groups is 2. The molecule has 108 valence electrons. The molecule has 1 aromatic rings. The smallest absolute Gasteiger partial charge is 0.255 e. The van der Waals surface area contributed by atoms with Crippen LogP contribution in [0.15, 0.2) is 18.5 Å². The van der Waals surface area contributed by atoms with Gasteiger partial charge in [-0.25, -0.2) is 0 Å². The van der Waals surface area contributed by atoms with E-state index >= 15 is 0 Å². The van der Waals surface area contributed by atoms with Gasteiger partial charge < -0.3 is 15.3 Å². The molecule has 0 unspecified atom stereocenters. The predicted octanol–water partition coefficient (Wildman–Crippen LogP) is -0.183. The van der Waals surface area contributed by atoms with Crippen LogP contribution in [0.5, 0.6) is 0 Å². The molecule has 1 aromatic heterocycles. The van der Waals surface area contributed by atoms with Gasteiger partial charge >= 0.3 is 0 Å². The number of aliphatic hydroxyl groups excluding tert-OH is 1. The van der Waals surface area contributed by atoms with Crippen LogP contribution in [0.4, 0.5) is 0 Å². The fourth-order valence-corrected chi connectivity index (χ4v) is 2.56. The zero-order valence-corrected chi connectivity index (χ0v) is 11.7. The van der Waals surface area contributed by atoms with Crippen molar-refractivity contribution in [2.75, 3.05) is 26.7 Å². The van der Waals surface area contributed by atoms with Gasteiger partial charge in [0.15, 0.2) is 0 Å². The lowest BCUT2D eigenvalue weighted by atomic mass is 9.96. The zero-order chi connectivity index (χ0) is 14.7. The Balaban J connectivity index is 2.17. The van der Waals surface area contributed by atoms with Gasteiger partial charge in [0, 0.05) is 45.1 Å². The van der Waals surface area contributed by atoms with Crippen molar-refractivity contribution in [3.63, 3.8) is 0 Å². The highest BCUT2D eigenvalue weighted by Crippen LogP contribution is 2.25. The molecule has 6 heteroatoms. The van der Waals surface area contributed by atoms with E-state index in [1.54, 1.807) is 30.4 Å². The van der Waals surface area contributed by atoms with Crippen LogP contribution in [0.2, 0.25) is 0 Å². The maximum absolute atomic E-state index is 12.5. The van der Waals surface area contributed by atoms with E-state index in [1.165, 1.54) is 0 Å². The molecule has 1 fully saturated rings. The number of hydrogen-bond acceptors (Lipinski definition) is 4. The van der Waals surface area contributed by atoms with Crippen molar-refractivity contribution in [3.8, 4) is 0 Å². The Morgan fingerprint density at radius 2 is 2.25 bits per heavy atom. The molecular formula is C14H19N3O3. The molecule has 2 atom stereocenters. The summed E-state index contributed by atoms with van der Waals surface area (Å²) in [7, 11) is 1.56. The number of carbonyl (C=O) groups excluding carboxylic acids is 2. The van der Waals surface area contributed by atoms with Crippen LogP contribution < -0.4 is 5.32 Å². The Hall–Kier alpha value is -1.95. The number of nitrogens with zero attached hydrogens (tertiary/aromatic N) is 2. The number of nitrogens with one attached hydrogen (secondary N) is 1. The number of hydrogen-bond donors (Lipinski definition) is 2. The van der Waals surface area contributed by atoms with Gasteiger partial charge in [-0.3, -0.25) is 14.6 Å². The number of pyridine rings is 1. The summed E-state index contributed by atoms with van der Waals surface area (Å²) in [5, 5.41) is 12.0. The van der Waals surface area contributed by atoms with Gasteiger partial charge in [0.2, 0.25) is 5.91 Å². The fraction of sp³-hybridized carbons (Fsp3) is 0.500. The zero-order valence-electron chi connectivity index (χ0n) is 11.7. The minimum absolute atomic E-state index is 0.103. The number of aromatic nitrogens is 1. The molecule has 2 N–H and O–H groups in total. The molecule has 0 spiro atoms. The molecule has 1 aliphatic heterocycles. The minimum atomic E-state index is -0.356. The van der Waals surface area contributed by atoms with Crippen LogP contribution in [0, 0.1) is 18.8 Å². The van der Waals surface area contributed by atoms with Crippen molar-refractivity contribution >= 4 is 11.8 Å². The summed E-state index contributed by atoms with van der Waals surface area (Å²) in [6, 6.07) is 1.78. The van der Waals surface area contributed by atoms with Crippen molar-refractivity contribution in [3.05, 3.63) is 29.6 Å². The Morgan fingerprint density at radius 3 is 2.85 bits per heavy atom. The summed E-state index contributed by atoms with van der Waals surface area (Å²) >= 11 is 0. The molecule has 1 aliphatic rings. The number of likely N-dealkylation sites (tertiary alicyclic amines) is 1. The van der Waals surface area contributed by atoms with Crippen molar-refractivity contribution in [2.24, 2.45) is 11.8 Å². The summed E-state index contributed by atoms with van der Waals surface area (Å²) < 4.78 is 0. The summed E-state index contributed by atoms with van der Waals surface area (Å²) in [6.45, 7) is 2.47. The number of aryl methyl sites for hydroxylation is 1. The molecule has 0 saturated carbocycles. The van der Waals surface area contributed by atoms with Crippen LogP contribution in [-0.2, 0) is 4.79 Å². The molecule has 6 nitrogen and oxygen atoms in total. The first-order valence-corrected chi connectivity index (χ1v) is 6.60. The summed E-state index contributed by atoms with van der Waals surface area (Å²) in [5.41, 5.74) is 1.40. The van der Waals surface area contributed by atoms with Gasteiger partial charge in [-0.2, -0.15) is 0 Å². The third-order valence-electron chi connectivity index (χ3n) is 3.82. The van der Waals surface area contributed by atoms with Gasteiger partial charge in [0.25, 0.3) is 5.91 Å². The van der Waals surface area contributed by atoms with E-state index in [1.807, 2.05) is 6.92 Å². The third kappa shape index (κ3) is 2.65. The third-order valence-corrected chi connectivity index (χ3v) is 3.82. The Morgan fingerprint density at radius 1 is 1.50 bits per heavy atom. The molecule has 0 aliphatic carbocycles. The van der Waals surface area contributed by atoms with Gasteiger partial charge in [-0.05, 0) is 18.6 Å². The van der Waals surface area contributed by atoms with Crippen molar-refractivity contribution in [2.45, 2.75) is 6.92 Å². The second-order valence-corrected chi connectivity index (χ2v) is 5.06. The second kappa shape index (κ2) is 6.00. The van der Waals surface area contributed by atoms with E-state index in [0.29, 0.717) is 18.7 Å². The molecule has 2 heterocycles. The van der Waals surface area contributed by atoms with Crippen LogP contribution in [-0.4, -0.2) is 53.5 Å². The van der Waals surface area contributed by atoms with Gasteiger partial charge in [0.05, 0.1) is 11.5 Å². The maximum Gasteiger partial charge on any atom is 0.255 e. The van der Waals surface area contributed by atoms with Gasteiger partial charge in [0.1, 0.15) is 0 Å². The Kier molecular flexibility index (Phi) is 4.34. The van der Waals surface area contributed by atoms with Crippen LogP contribution in [0.3, 0.4) is 0 Å². The number of amides is 2. The minimum Gasteiger partial charge on any atom is -0.396 e. The first kappa shape index (κ1) is 14.5. The molecule has 2 amide bonds. The number of rotatable bonds is 3. The quantitative estimate of drug-likeness (QED) is 0.802. The van der Waals surface area contributed by atoms with Crippen LogP contribution >= 0.6 is 0 Å². The van der Waals surface area contributed by atoms with Gasteiger partial charge in [-0.15, -0.1) is 0 Å².